The van der Waals surface area contributed by atoms with Gasteiger partial charge in [-0.1, -0.05) is 18.2 Å². The van der Waals surface area contributed by atoms with Crippen LogP contribution in [-0.2, 0) is 0 Å². The Morgan fingerprint density at radius 3 is 2.53 bits per heavy atom. The molecule has 3 heteroatoms. The standard InChI is InChI=1S/C14H20N2O/c1-10(2)11(3)14(15)16(4)12-7-6-8-13(9-12)17-5/h6-9H,1,15H2,2-5H3/b14-11-. The Hall–Kier alpha value is -1.90. The van der Waals surface area contributed by atoms with E-state index in [2.05, 4.69) is 6.58 Å². The molecule has 0 unspecified atom stereocenters. The van der Waals surface area contributed by atoms with Crippen molar-refractivity contribution in [1.82, 2.24) is 0 Å². The van der Waals surface area contributed by atoms with E-state index in [1.165, 1.54) is 0 Å². The van der Waals surface area contributed by atoms with Gasteiger partial charge in [0.05, 0.1) is 7.11 Å². The van der Waals surface area contributed by atoms with Gasteiger partial charge < -0.3 is 15.4 Å². The molecule has 0 aromatic heterocycles. The van der Waals surface area contributed by atoms with E-state index in [9.17, 15) is 0 Å². The van der Waals surface area contributed by atoms with Crippen LogP contribution >= 0.6 is 0 Å². The second-order valence-electron chi connectivity index (χ2n) is 4.05. The second kappa shape index (κ2) is 5.43. The van der Waals surface area contributed by atoms with Crippen molar-refractivity contribution in [2.24, 2.45) is 5.73 Å². The molecule has 92 valence electrons. The summed E-state index contributed by atoms with van der Waals surface area (Å²) in [5.74, 6) is 1.51. The molecule has 2 N–H and O–H groups in total. The number of hydrogen-bond donors (Lipinski definition) is 1. The molecule has 1 aromatic carbocycles. The molecule has 1 aromatic rings. The third-order valence-corrected chi connectivity index (χ3v) is 2.83. The van der Waals surface area contributed by atoms with Crippen molar-refractivity contribution in [2.45, 2.75) is 13.8 Å². The predicted molar refractivity (Wildman–Crippen MR) is 73.1 cm³/mol. The molecular formula is C14H20N2O. The summed E-state index contributed by atoms with van der Waals surface area (Å²) in [6.45, 7) is 7.81. The molecule has 1 rings (SSSR count). The minimum Gasteiger partial charge on any atom is -0.497 e. The Bertz CT molecular complexity index is 449. The van der Waals surface area contributed by atoms with Gasteiger partial charge in [0.25, 0.3) is 0 Å². The molecule has 0 saturated carbocycles. The third kappa shape index (κ3) is 3.03. The fourth-order valence-electron chi connectivity index (χ4n) is 1.43. The summed E-state index contributed by atoms with van der Waals surface area (Å²) in [4.78, 5) is 1.92. The van der Waals surface area contributed by atoms with Gasteiger partial charge in [-0.2, -0.15) is 0 Å². The lowest BCUT2D eigenvalue weighted by Gasteiger charge is -2.22. The summed E-state index contributed by atoms with van der Waals surface area (Å²) in [6.07, 6.45) is 0. The first-order valence-corrected chi connectivity index (χ1v) is 5.47. The molecule has 0 aliphatic heterocycles. The van der Waals surface area contributed by atoms with E-state index in [4.69, 9.17) is 10.5 Å². The molecular weight excluding hydrogens is 212 g/mol. The zero-order valence-corrected chi connectivity index (χ0v) is 10.9. The van der Waals surface area contributed by atoms with Gasteiger partial charge in [-0.15, -0.1) is 0 Å². The average molecular weight is 232 g/mol. The molecule has 0 radical (unpaired) electrons. The summed E-state index contributed by atoms with van der Waals surface area (Å²) in [7, 11) is 3.58. The topological polar surface area (TPSA) is 38.5 Å². The highest BCUT2D eigenvalue weighted by Crippen LogP contribution is 2.23. The van der Waals surface area contributed by atoms with Crippen LogP contribution in [0.2, 0.25) is 0 Å². The molecule has 0 amide bonds. The van der Waals surface area contributed by atoms with E-state index in [1.54, 1.807) is 7.11 Å². The van der Waals surface area contributed by atoms with E-state index in [0.29, 0.717) is 5.82 Å². The fraction of sp³-hybridized carbons (Fsp3) is 0.286. The Kier molecular flexibility index (Phi) is 4.21. The van der Waals surface area contributed by atoms with Crippen molar-refractivity contribution in [1.29, 1.82) is 0 Å². The van der Waals surface area contributed by atoms with Crippen molar-refractivity contribution >= 4 is 5.69 Å². The molecule has 0 bridgehead atoms. The lowest BCUT2D eigenvalue weighted by molar-refractivity contribution is 0.415. The van der Waals surface area contributed by atoms with Crippen molar-refractivity contribution in [3.05, 3.63) is 47.8 Å². The van der Waals surface area contributed by atoms with Crippen molar-refractivity contribution in [3.63, 3.8) is 0 Å². The van der Waals surface area contributed by atoms with E-state index < -0.39 is 0 Å². The quantitative estimate of drug-likeness (QED) is 0.811. The predicted octanol–water partition coefficient (Wildman–Crippen LogP) is 2.90. The Morgan fingerprint density at radius 1 is 1.35 bits per heavy atom. The van der Waals surface area contributed by atoms with Crippen molar-refractivity contribution in [3.8, 4) is 5.75 Å². The number of allylic oxidation sites excluding steroid dienone is 2. The maximum atomic E-state index is 6.09. The summed E-state index contributed by atoms with van der Waals surface area (Å²) in [5.41, 5.74) is 9.04. The van der Waals surface area contributed by atoms with Crippen LogP contribution in [0.15, 0.2) is 47.8 Å². The molecule has 0 atom stereocenters. The van der Waals surface area contributed by atoms with Crippen LogP contribution in [0.3, 0.4) is 0 Å². The highest BCUT2D eigenvalue weighted by atomic mass is 16.5. The Balaban J connectivity index is 3.07. The van der Waals surface area contributed by atoms with Crippen LogP contribution in [0.4, 0.5) is 5.69 Å². The Morgan fingerprint density at radius 2 is 2.00 bits per heavy atom. The van der Waals surface area contributed by atoms with Crippen LogP contribution in [0.1, 0.15) is 13.8 Å². The van der Waals surface area contributed by atoms with Crippen LogP contribution in [0.5, 0.6) is 5.75 Å². The van der Waals surface area contributed by atoms with Crippen LogP contribution in [0, 0.1) is 0 Å². The number of rotatable bonds is 4. The number of hydrogen-bond acceptors (Lipinski definition) is 3. The van der Waals surface area contributed by atoms with E-state index >= 15 is 0 Å². The molecule has 0 fully saturated rings. The molecule has 0 aliphatic rings. The van der Waals surface area contributed by atoms with Crippen LogP contribution in [0.25, 0.3) is 0 Å². The number of methoxy groups -OCH3 is 1. The molecule has 0 heterocycles. The van der Waals surface area contributed by atoms with Gasteiger partial charge in [0.2, 0.25) is 0 Å². The van der Waals surface area contributed by atoms with Gasteiger partial charge in [0.1, 0.15) is 11.6 Å². The van der Waals surface area contributed by atoms with Gasteiger partial charge in [-0.3, -0.25) is 0 Å². The summed E-state index contributed by atoms with van der Waals surface area (Å²) >= 11 is 0. The van der Waals surface area contributed by atoms with E-state index in [-0.39, 0.29) is 0 Å². The fourth-order valence-corrected chi connectivity index (χ4v) is 1.43. The lowest BCUT2D eigenvalue weighted by Crippen LogP contribution is -2.24. The monoisotopic (exact) mass is 232 g/mol. The number of nitrogens with two attached hydrogens (primary N) is 1. The van der Waals surface area contributed by atoms with Crippen LogP contribution < -0.4 is 15.4 Å². The number of benzene rings is 1. The maximum absolute atomic E-state index is 6.09. The smallest absolute Gasteiger partial charge is 0.120 e. The summed E-state index contributed by atoms with van der Waals surface area (Å²) < 4.78 is 5.19. The lowest BCUT2D eigenvalue weighted by atomic mass is 10.1. The molecule has 0 aliphatic carbocycles. The number of ether oxygens (including phenoxy) is 1. The first kappa shape index (κ1) is 13.2. The first-order valence-electron chi connectivity index (χ1n) is 5.47. The van der Waals surface area contributed by atoms with Crippen molar-refractivity contribution < 1.29 is 4.74 Å². The second-order valence-corrected chi connectivity index (χ2v) is 4.05. The third-order valence-electron chi connectivity index (χ3n) is 2.83. The molecule has 0 saturated heterocycles. The minimum absolute atomic E-state index is 0.700. The molecule has 0 spiro atoms. The highest BCUT2D eigenvalue weighted by Gasteiger charge is 2.08. The first-order chi connectivity index (χ1) is 7.97. The zero-order chi connectivity index (χ0) is 13.0. The molecule has 3 nitrogen and oxygen atoms in total. The maximum Gasteiger partial charge on any atom is 0.120 e. The summed E-state index contributed by atoms with van der Waals surface area (Å²) in [6, 6.07) is 7.77. The van der Waals surface area contributed by atoms with Gasteiger partial charge in [-0.25, -0.2) is 0 Å². The zero-order valence-electron chi connectivity index (χ0n) is 10.9. The van der Waals surface area contributed by atoms with Gasteiger partial charge in [0, 0.05) is 18.8 Å². The summed E-state index contributed by atoms with van der Waals surface area (Å²) in [5, 5.41) is 0. The van der Waals surface area contributed by atoms with E-state index in [1.807, 2.05) is 50.1 Å². The van der Waals surface area contributed by atoms with Crippen molar-refractivity contribution in [2.75, 3.05) is 19.1 Å². The van der Waals surface area contributed by atoms with Gasteiger partial charge >= 0.3 is 0 Å². The number of nitrogens with zero attached hydrogens (tertiary/aromatic N) is 1. The number of anilines is 1. The van der Waals surface area contributed by atoms with E-state index in [0.717, 1.165) is 22.6 Å². The van der Waals surface area contributed by atoms with Gasteiger partial charge in [0.15, 0.2) is 0 Å². The highest BCUT2D eigenvalue weighted by molar-refractivity contribution is 5.55. The minimum atomic E-state index is 0.700. The van der Waals surface area contributed by atoms with Gasteiger partial charge in [-0.05, 0) is 31.6 Å². The van der Waals surface area contributed by atoms with Crippen LogP contribution in [-0.4, -0.2) is 14.2 Å². The normalized spacial score (nSPS) is 11.8. The Labute approximate surface area is 103 Å². The SMILES string of the molecule is C=C(C)/C(C)=C(/N)N(C)c1cccc(OC)c1. The molecule has 17 heavy (non-hydrogen) atoms. The average Bonchev–Trinajstić information content (AvgIpc) is 2.36. The largest absolute Gasteiger partial charge is 0.497 e.